The molecule has 2 heteroatoms. The summed E-state index contributed by atoms with van der Waals surface area (Å²) in [5, 5.41) is 0. The summed E-state index contributed by atoms with van der Waals surface area (Å²) in [5.41, 5.74) is 11.5. The Bertz CT molecular complexity index is 476. The van der Waals surface area contributed by atoms with Crippen LogP contribution in [0.3, 0.4) is 0 Å². The Hall–Kier alpha value is -1.70. The lowest BCUT2D eigenvalue weighted by Crippen LogP contribution is -2.03. The van der Waals surface area contributed by atoms with Crippen LogP contribution >= 0.6 is 0 Å². The molecule has 0 unspecified atom stereocenters. The van der Waals surface area contributed by atoms with E-state index in [-0.39, 0.29) is 0 Å². The Labute approximate surface area is 90.3 Å². The van der Waals surface area contributed by atoms with Crippen LogP contribution in [-0.4, -0.2) is 4.57 Å². The third kappa shape index (κ3) is 1.52. The molecule has 0 aliphatic rings. The van der Waals surface area contributed by atoms with Gasteiger partial charge in [-0.15, -0.1) is 0 Å². The molecule has 0 aliphatic carbocycles. The van der Waals surface area contributed by atoms with Crippen LogP contribution in [0.2, 0.25) is 0 Å². The first-order valence-corrected chi connectivity index (χ1v) is 5.11. The predicted molar refractivity (Wildman–Crippen MR) is 64.4 cm³/mol. The quantitative estimate of drug-likeness (QED) is 0.705. The summed E-state index contributed by atoms with van der Waals surface area (Å²) in [4.78, 5) is 0. The van der Waals surface area contributed by atoms with Crippen molar-refractivity contribution >= 4 is 5.69 Å². The van der Waals surface area contributed by atoms with E-state index in [0.29, 0.717) is 0 Å². The number of nitrogen functional groups attached to an aromatic ring is 1. The number of hydrogen-bond acceptors (Lipinski definition) is 1. The Morgan fingerprint density at radius 3 is 2.13 bits per heavy atom. The van der Waals surface area contributed by atoms with Crippen LogP contribution in [0.25, 0.3) is 5.69 Å². The lowest BCUT2D eigenvalue weighted by molar-refractivity contribution is 0.956. The van der Waals surface area contributed by atoms with Crippen molar-refractivity contribution in [3.63, 3.8) is 0 Å². The van der Waals surface area contributed by atoms with E-state index >= 15 is 0 Å². The third-order valence-corrected chi connectivity index (χ3v) is 2.86. The summed E-state index contributed by atoms with van der Waals surface area (Å²) in [5.74, 6) is 0. The number of aryl methyl sites for hydroxylation is 2. The maximum Gasteiger partial charge on any atom is 0.0504 e. The summed E-state index contributed by atoms with van der Waals surface area (Å²) >= 11 is 0. The van der Waals surface area contributed by atoms with Gasteiger partial charge in [-0.25, -0.2) is 0 Å². The number of nitrogens with zero attached hydrogens (tertiary/aromatic N) is 1. The van der Waals surface area contributed by atoms with E-state index < -0.39 is 0 Å². The van der Waals surface area contributed by atoms with E-state index in [0.717, 1.165) is 11.3 Å². The van der Waals surface area contributed by atoms with E-state index in [1.165, 1.54) is 17.1 Å². The molecular weight excluding hydrogens is 184 g/mol. The zero-order valence-electron chi connectivity index (χ0n) is 9.41. The molecule has 2 aromatic rings. The second kappa shape index (κ2) is 3.46. The first-order valence-electron chi connectivity index (χ1n) is 5.11. The molecule has 2 nitrogen and oxygen atoms in total. The molecule has 0 saturated carbocycles. The van der Waals surface area contributed by atoms with E-state index in [2.05, 4.69) is 43.5 Å². The lowest BCUT2D eigenvalue weighted by Gasteiger charge is -2.13. The summed E-state index contributed by atoms with van der Waals surface area (Å²) in [6.07, 6.45) is 0. The lowest BCUT2D eigenvalue weighted by atomic mass is 10.1. The normalized spacial score (nSPS) is 10.6. The molecule has 78 valence electrons. The van der Waals surface area contributed by atoms with Crippen molar-refractivity contribution in [1.29, 1.82) is 0 Å². The standard InChI is InChI=1S/C13H16N2/c1-9-7-8-10(2)15(9)13-6-4-5-12(14)11(13)3/h4-8H,14H2,1-3H3. The molecule has 2 rings (SSSR count). The molecule has 0 saturated heterocycles. The van der Waals surface area contributed by atoms with Crippen LogP contribution in [-0.2, 0) is 0 Å². The largest absolute Gasteiger partial charge is 0.398 e. The smallest absolute Gasteiger partial charge is 0.0504 e. The van der Waals surface area contributed by atoms with Crippen LogP contribution < -0.4 is 5.73 Å². The average Bonchev–Trinajstić information content (AvgIpc) is 2.52. The molecule has 0 radical (unpaired) electrons. The fraction of sp³-hybridized carbons (Fsp3) is 0.231. The molecule has 1 heterocycles. The van der Waals surface area contributed by atoms with Crippen molar-refractivity contribution in [1.82, 2.24) is 4.57 Å². The van der Waals surface area contributed by atoms with Crippen molar-refractivity contribution in [3.8, 4) is 5.69 Å². The maximum absolute atomic E-state index is 5.91. The Kier molecular flexibility index (Phi) is 2.27. The van der Waals surface area contributed by atoms with Crippen LogP contribution in [0.15, 0.2) is 30.3 Å². The topological polar surface area (TPSA) is 30.9 Å². The van der Waals surface area contributed by atoms with Crippen molar-refractivity contribution in [2.75, 3.05) is 5.73 Å². The highest BCUT2D eigenvalue weighted by molar-refractivity contribution is 5.57. The van der Waals surface area contributed by atoms with Gasteiger partial charge in [0, 0.05) is 17.1 Å². The number of rotatable bonds is 1. The monoisotopic (exact) mass is 200 g/mol. The molecule has 0 fully saturated rings. The number of nitrogens with two attached hydrogens (primary N) is 1. The van der Waals surface area contributed by atoms with Gasteiger partial charge in [-0.2, -0.15) is 0 Å². The molecule has 0 bridgehead atoms. The molecule has 0 spiro atoms. The van der Waals surface area contributed by atoms with Gasteiger partial charge in [0.1, 0.15) is 0 Å². The minimum atomic E-state index is 0.847. The van der Waals surface area contributed by atoms with Crippen LogP contribution in [0.5, 0.6) is 0 Å². The minimum absolute atomic E-state index is 0.847. The maximum atomic E-state index is 5.91. The first kappa shape index (κ1) is 9.84. The van der Waals surface area contributed by atoms with Gasteiger partial charge in [0.15, 0.2) is 0 Å². The van der Waals surface area contributed by atoms with Gasteiger partial charge >= 0.3 is 0 Å². The Morgan fingerprint density at radius 1 is 0.933 bits per heavy atom. The summed E-state index contributed by atoms with van der Waals surface area (Å²) in [6, 6.07) is 10.3. The van der Waals surface area contributed by atoms with E-state index in [1.54, 1.807) is 0 Å². The fourth-order valence-electron chi connectivity index (χ4n) is 1.93. The molecule has 0 atom stereocenters. The van der Waals surface area contributed by atoms with Gasteiger partial charge in [0.2, 0.25) is 0 Å². The molecule has 1 aromatic heterocycles. The van der Waals surface area contributed by atoms with E-state index in [1.807, 2.05) is 12.1 Å². The summed E-state index contributed by atoms with van der Waals surface area (Å²) in [6.45, 7) is 6.27. The summed E-state index contributed by atoms with van der Waals surface area (Å²) < 4.78 is 2.23. The third-order valence-electron chi connectivity index (χ3n) is 2.86. The highest BCUT2D eigenvalue weighted by Gasteiger charge is 2.07. The van der Waals surface area contributed by atoms with Crippen LogP contribution in [0.1, 0.15) is 17.0 Å². The van der Waals surface area contributed by atoms with Gasteiger partial charge in [-0.1, -0.05) is 6.07 Å². The molecule has 0 aliphatic heterocycles. The van der Waals surface area contributed by atoms with E-state index in [4.69, 9.17) is 5.73 Å². The second-order valence-corrected chi connectivity index (χ2v) is 3.94. The van der Waals surface area contributed by atoms with Gasteiger partial charge in [0.25, 0.3) is 0 Å². The minimum Gasteiger partial charge on any atom is -0.398 e. The fourth-order valence-corrected chi connectivity index (χ4v) is 1.93. The zero-order chi connectivity index (χ0) is 11.0. The SMILES string of the molecule is Cc1c(N)cccc1-n1c(C)ccc1C. The average molecular weight is 200 g/mol. The summed E-state index contributed by atoms with van der Waals surface area (Å²) in [7, 11) is 0. The Morgan fingerprint density at radius 2 is 1.53 bits per heavy atom. The molecule has 1 aromatic carbocycles. The molecular formula is C13H16N2. The highest BCUT2D eigenvalue weighted by atomic mass is 15.0. The second-order valence-electron chi connectivity index (χ2n) is 3.94. The Balaban J connectivity index is 2.69. The van der Waals surface area contributed by atoms with Crippen molar-refractivity contribution < 1.29 is 0 Å². The molecule has 2 N–H and O–H groups in total. The van der Waals surface area contributed by atoms with Crippen molar-refractivity contribution in [2.45, 2.75) is 20.8 Å². The van der Waals surface area contributed by atoms with Crippen LogP contribution in [0, 0.1) is 20.8 Å². The predicted octanol–water partition coefficient (Wildman–Crippen LogP) is 2.98. The number of benzene rings is 1. The van der Waals surface area contributed by atoms with Gasteiger partial charge < -0.3 is 10.3 Å². The first-order chi connectivity index (χ1) is 7.11. The number of hydrogen-bond donors (Lipinski definition) is 1. The number of anilines is 1. The van der Waals surface area contributed by atoms with Gasteiger partial charge in [-0.05, 0) is 50.6 Å². The van der Waals surface area contributed by atoms with Gasteiger partial charge in [0.05, 0.1) is 5.69 Å². The number of aromatic nitrogens is 1. The van der Waals surface area contributed by atoms with E-state index in [9.17, 15) is 0 Å². The van der Waals surface area contributed by atoms with Gasteiger partial charge in [-0.3, -0.25) is 0 Å². The zero-order valence-corrected chi connectivity index (χ0v) is 9.41. The molecule has 15 heavy (non-hydrogen) atoms. The highest BCUT2D eigenvalue weighted by Crippen LogP contribution is 2.23. The van der Waals surface area contributed by atoms with Crippen LogP contribution in [0.4, 0.5) is 5.69 Å². The molecule has 0 amide bonds. The van der Waals surface area contributed by atoms with Crippen molar-refractivity contribution in [2.24, 2.45) is 0 Å². The van der Waals surface area contributed by atoms with Crippen molar-refractivity contribution in [3.05, 3.63) is 47.3 Å².